The molecule has 1 aromatic heterocycles. The van der Waals surface area contributed by atoms with Gasteiger partial charge in [-0.3, -0.25) is 10.1 Å². The van der Waals surface area contributed by atoms with Gasteiger partial charge in [0.1, 0.15) is 18.1 Å². The smallest absolute Gasteiger partial charge is 0.293 e. The van der Waals surface area contributed by atoms with Crippen LogP contribution >= 0.6 is 15.9 Å². The number of benzene rings is 1. The zero-order valence-electron chi connectivity index (χ0n) is 10.5. The largest absolute Gasteiger partial charge is 0.394 e. The third-order valence-electron chi connectivity index (χ3n) is 2.73. The van der Waals surface area contributed by atoms with E-state index in [-0.39, 0.29) is 12.3 Å². The molecule has 2 rings (SSSR count). The number of aromatic nitrogens is 3. The van der Waals surface area contributed by atoms with Gasteiger partial charge in [0.2, 0.25) is 0 Å². The van der Waals surface area contributed by atoms with E-state index >= 15 is 0 Å². The number of hydrogen-bond donors (Lipinski definition) is 2. The molecule has 0 aliphatic heterocycles. The van der Waals surface area contributed by atoms with Crippen LogP contribution in [-0.4, -0.2) is 31.4 Å². The molecule has 9 heteroatoms. The lowest BCUT2D eigenvalue weighted by atomic mass is 10.2. The average Bonchev–Trinajstić information content (AvgIpc) is 2.83. The number of aryl methyl sites for hydroxylation is 1. The Bertz CT molecular complexity index is 630. The quantitative estimate of drug-likeness (QED) is 0.632. The van der Waals surface area contributed by atoms with E-state index in [1.165, 1.54) is 12.4 Å². The number of nitrogens with one attached hydrogen (secondary N) is 1. The Kier molecular flexibility index (Phi) is 4.30. The second-order valence-corrected chi connectivity index (χ2v) is 5.01. The van der Waals surface area contributed by atoms with Crippen LogP contribution in [0.15, 0.2) is 29.0 Å². The SMILES string of the molecule is Cn1cnnc1C(CO)Nc1ccc(Br)cc1[N+](=O)[O-]. The molecule has 106 valence electrons. The molecule has 2 aromatic rings. The van der Waals surface area contributed by atoms with Crippen molar-refractivity contribution in [3.63, 3.8) is 0 Å². The minimum absolute atomic E-state index is 0.0833. The maximum atomic E-state index is 11.0. The summed E-state index contributed by atoms with van der Waals surface area (Å²) in [5, 5.41) is 31.0. The zero-order chi connectivity index (χ0) is 14.7. The lowest BCUT2D eigenvalue weighted by Gasteiger charge is -2.16. The second kappa shape index (κ2) is 5.97. The topological polar surface area (TPSA) is 106 Å². The molecule has 0 saturated carbocycles. The fraction of sp³-hybridized carbons (Fsp3) is 0.273. The summed E-state index contributed by atoms with van der Waals surface area (Å²) in [7, 11) is 1.73. The lowest BCUT2D eigenvalue weighted by Crippen LogP contribution is -2.19. The molecule has 0 radical (unpaired) electrons. The van der Waals surface area contributed by atoms with Crippen molar-refractivity contribution in [3.05, 3.63) is 44.9 Å². The van der Waals surface area contributed by atoms with Gasteiger partial charge in [-0.1, -0.05) is 15.9 Å². The van der Waals surface area contributed by atoms with Gasteiger partial charge in [-0.15, -0.1) is 10.2 Å². The monoisotopic (exact) mass is 341 g/mol. The highest BCUT2D eigenvalue weighted by atomic mass is 79.9. The lowest BCUT2D eigenvalue weighted by molar-refractivity contribution is -0.384. The maximum absolute atomic E-state index is 11.0. The third kappa shape index (κ3) is 2.94. The average molecular weight is 342 g/mol. The molecular formula is C11H12BrN5O3. The number of halogens is 1. The summed E-state index contributed by atoms with van der Waals surface area (Å²) in [5.41, 5.74) is 0.222. The second-order valence-electron chi connectivity index (χ2n) is 4.10. The van der Waals surface area contributed by atoms with Gasteiger partial charge in [0.05, 0.1) is 11.5 Å². The predicted molar refractivity (Wildman–Crippen MR) is 75.2 cm³/mol. The van der Waals surface area contributed by atoms with E-state index in [1.54, 1.807) is 23.7 Å². The van der Waals surface area contributed by atoms with Crippen LogP contribution < -0.4 is 5.32 Å². The van der Waals surface area contributed by atoms with Crippen LogP contribution in [0.3, 0.4) is 0 Å². The van der Waals surface area contributed by atoms with E-state index in [4.69, 9.17) is 0 Å². The van der Waals surface area contributed by atoms with E-state index in [0.717, 1.165) is 0 Å². The van der Waals surface area contributed by atoms with Gasteiger partial charge in [-0.25, -0.2) is 0 Å². The van der Waals surface area contributed by atoms with E-state index < -0.39 is 11.0 Å². The summed E-state index contributed by atoms with van der Waals surface area (Å²) in [4.78, 5) is 10.6. The van der Waals surface area contributed by atoms with Gasteiger partial charge >= 0.3 is 0 Å². The number of rotatable bonds is 5. The van der Waals surface area contributed by atoms with Crippen molar-refractivity contribution < 1.29 is 10.0 Å². The van der Waals surface area contributed by atoms with Crippen LogP contribution in [0.5, 0.6) is 0 Å². The van der Waals surface area contributed by atoms with E-state index in [2.05, 4.69) is 31.4 Å². The Morgan fingerprint density at radius 2 is 2.35 bits per heavy atom. The third-order valence-corrected chi connectivity index (χ3v) is 3.22. The molecule has 0 saturated heterocycles. The minimum Gasteiger partial charge on any atom is -0.394 e. The van der Waals surface area contributed by atoms with Gasteiger partial charge in [-0.05, 0) is 12.1 Å². The number of nitro groups is 1. The molecule has 2 N–H and O–H groups in total. The van der Waals surface area contributed by atoms with Crippen molar-refractivity contribution >= 4 is 27.3 Å². The van der Waals surface area contributed by atoms with Crippen molar-refractivity contribution in [2.75, 3.05) is 11.9 Å². The fourth-order valence-corrected chi connectivity index (χ4v) is 2.11. The molecule has 0 amide bonds. The van der Waals surface area contributed by atoms with Crippen molar-refractivity contribution in [1.82, 2.24) is 14.8 Å². The molecule has 0 spiro atoms. The fourth-order valence-electron chi connectivity index (χ4n) is 1.77. The number of anilines is 1. The summed E-state index contributed by atoms with van der Waals surface area (Å²) in [5.74, 6) is 0.490. The van der Waals surface area contributed by atoms with Crippen LogP contribution in [0.2, 0.25) is 0 Å². The molecule has 1 aromatic carbocycles. The first kappa shape index (κ1) is 14.4. The zero-order valence-corrected chi connectivity index (χ0v) is 12.1. The summed E-state index contributed by atoms with van der Waals surface area (Å²) in [6.45, 7) is -0.264. The first-order valence-corrected chi connectivity index (χ1v) is 6.47. The molecule has 0 bridgehead atoms. The Morgan fingerprint density at radius 1 is 1.60 bits per heavy atom. The first-order chi connectivity index (χ1) is 9.52. The van der Waals surface area contributed by atoms with Gasteiger partial charge in [-0.2, -0.15) is 0 Å². The molecule has 20 heavy (non-hydrogen) atoms. The van der Waals surface area contributed by atoms with Crippen LogP contribution in [0.25, 0.3) is 0 Å². The van der Waals surface area contributed by atoms with E-state index in [1.807, 2.05) is 0 Å². The standard InChI is InChI=1S/C11H12BrN5O3/c1-16-6-13-15-11(16)9(5-18)14-8-3-2-7(12)4-10(8)17(19)20/h2-4,6,9,14,18H,5H2,1H3. The molecule has 8 nitrogen and oxygen atoms in total. The van der Waals surface area contributed by atoms with Crippen LogP contribution in [0.4, 0.5) is 11.4 Å². The number of aliphatic hydroxyl groups excluding tert-OH is 1. The van der Waals surface area contributed by atoms with Crippen molar-refractivity contribution in [2.45, 2.75) is 6.04 Å². The van der Waals surface area contributed by atoms with Crippen LogP contribution in [0.1, 0.15) is 11.9 Å². The molecule has 1 atom stereocenters. The number of nitrogens with zero attached hydrogens (tertiary/aromatic N) is 4. The molecular weight excluding hydrogens is 330 g/mol. The summed E-state index contributed by atoms with van der Waals surface area (Å²) in [6.07, 6.45) is 1.50. The summed E-state index contributed by atoms with van der Waals surface area (Å²) < 4.78 is 2.24. The summed E-state index contributed by atoms with van der Waals surface area (Å²) >= 11 is 3.19. The van der Waals surface area contributed by atoms with Crippen molar-refractivity contribution in [2.24, 2.45) is 7.05 Å². The van der Waals surface area contributed by atoms with Gasteiger partial charge < -0.3 is 15.0 Å². The molecule has 1 unspecified atom stereocenters. The summed E-state index contributed by atoms with van der Waals surface area (Å²) in [6, 6.07) is 4.07. The highest BCUT2D eigenvalue weighted by Crippen LogP contribution is 2.30. The number of hydrogen-bond acceptors (Lipinski definition) is 6. The highest BCUT2D eigenvalue weighted by Gasteiger charge is 2.21. The van der Waals surface area contributed by atoms with Gasteiger partial charge in [0.25, 0.3) is 5.69 Å². The molecule has 1 heterocycles. The Labute approximate surface area is 122 Å². The van der Waals surface area contributed by atoms with Crippen molar-refractivity contribution in [3.8, 4) is 0 Å². The van der Waals surface area contributed by atoms with Crippen LogP contribution in [0, 0.1) is 10.1 Å². The molecule has 0 aliphatic rings. The van der Waals surface area contributed by atoms with Gasteiger partial charge in [0.15, 0.2) is 5.82 Å². The first-order valence-electron chi connectivity index (χ1n) is 5.68. The Hall–Kier alpha value is -2.00. The molecule has 0 fully saturated rings. The van der Waals surface area contributed by atoms with Crippen LogP contribution in [-0.2, 0) is 7.05 Å². The number of aliphatic hydroxyl groups is 1. The van der Waals surface area contributed by atoms with Gasteiger partial charge in [0, 0.05) is 17.6 Å². The van der Waals surface area contributed by atoms with E-state index in [0.29, 0.717) is 16.0 Å². The molecule has 0 aliphatic carbocycles. The van der Waals surface area contributed by atoms with E-state index in [9.17, 15) is 15.2 Å². The normalized spacial score (nSPS) is 12.2. The Morgan fingerprint density at radius 3 is 2.90 bits per heavy atom. The Balaban J connectivity index is 2.33. The minimum atomic E-state index is -0.581. The predicted octanol–water partition coefficient (Wildman–Crippen LogP) is 1.63. The highest BCUT2D eigenvalue weighted by molar-refractivity contribution is 9.10. The number of nitro benzene ring substituents is 1. The maximum Gasteiger partial charge on any atom is 0.293 e. The van der Waals surface area contributed by atoms with Crippen molar-refractivity contribution in [1.29, 1.82) is 0 Å².